The Kier molecular flexibility index (Phi) is 7.18. The monoisotopic (exact) mass is 324 g/mol. The minimum Gasteiger partial charge on any atom is -0.454 e. The van der Waals surface area contributed by atoms with E-state index in [0.717, 1.165) is 6.07 Å². The molecule has 1 atom stereocenters. The summed E-state index contributed by atoms with van der Waals surface area (Å²) in [6.07, 6.45) is 0. The second kappa shape index (κ2) is 8.87. The normalized spacial score (nSPS) is 11.7. The van der Waals surface area contributed by atoms with Crippen molar-refractivity contribution >= 4 is 17.8 Å². The third-order valence-corrected chi connectivity index (χ3v) is 3.23. The van der Waals surface area contributed by atoms with Gasteiger partial charge >= 0.3 is 5.97 Å². The molecule has 0 spiro atoms. The Labute approximate surface area is 134 Å². The first-order valence-electron chi connectivity index (χ1n) is 7.28. The van der Waals surface area contributed by atoms with Crippen LogP contribution in [0.2, 0.25) is 0 Å². The summed E-state index contributed by atoms with van der Waals surface area (Å²) < 4.78 is 17.7. The predicted molar refractivity (Wildman–Crippen MR) is 82.1 cm³/mol. The quantitative estimate of drug-likeness (QED) is 0.740. The molecule has 126 valence electrons. The molecular formula is C16H21FN2O4. The first kappa shape index (κ1) is 18.6. The van der Waals surface area contributed by atoms with Gasteiger partial charge in [0.1, 0.15) is 12.4 Å². The fourth-order valence-electron chi connectivity index (χ4n) is 1.54. The van der Waals surface area contributed by atoms with Crippen molar-refractivity contribution in [2.24, 2.45) is 5.92 Å². The number of halogens is 1. The summed E-state index contributed by atoms with van der Waals surface area (Å²) in [5, 5.41) is 4.98. The summed E-state index contributed by atoms with van der Waals surface area (Å²) in [5.74, 6) is -2.03. The highest BCUT2D eigenvalue weighted by atomic mass is 19.1. The van der Waals surface area contributed by atoms with Crippen molar-refractivity contribution in [3.63, 3.8) is 0 Å². The number of hydrogen-bond donors (Lipinski definition) is 2. The van der Waals surface area contributed by atoms with Gasteiger partial charge in [0.2, 0.25) is 0 Å². The number of esters is 1. The van der Waals surface area contributed by atoms with E-state index in [4.69, 9.17) is 4.74 Å². The first-order chi connectivity index (χ1) is 10.8. The zero-order chi connectivity index (χ0) is 17.4. The number of carbonyl (C=O) groups is 3. The van der Waals surface area contributed by atoms with Crippen LogP contribution in [0.25, 0.3) is 0 Å². The number of ether oxygens (including phenoxy) is 1. The van der Waals surface area contributed by atoms with Crippen molar-refractivity contribution in [1.29, 1.82) is 0 Å². The molecule has 0 fully saturated rings. The van der Waals surface area contributed by atoms with Gasteiger partial charge in [-0.25, -0.2) is 4.39 Å². The molecule has 7 heteroatoms. The molecule has 1 rings (SSSR count). The van der Waals surface area contributed by atoms with E-state index in [2.05, 4.69) is 10.6 Å². The molecule has 2 N–H and O–H groups in total. The van der Waals surface area contributed by atoms with E-state index >= 15 is 0 Å². The standard InChI is InChI=1S/C16H21FN2O4/c1-10(2)11(3)19-14(20)9-23-15(21)8-18-16(22)12-5-4-6-13(17)7-12/h4-7,10-11H,8-9H2,1-3H3,(H,18,22)(H,19,20)/t11-/m1/s1. The maximum atomic E-state index is 13.0. The Bertz CT molecular complexity index is 575. The molecule has 0 saturated carbocycles. The lowest BCUT2D eigenvalue weighted by atomic mass is 10.1. The van der Waals surface area contributed by atoms with E-state index in [-0.39, 0.29) is 17.5 Å². The minimum atomic E-state index is -0.748. The Balaban J connectivity index is 2.32. The molecule has 0 heterocycles. The average Bonchev–Trinajstić information content (AvgIpc) is 2.50. The fourth-order valence-corrected chi connectivity index (χ4v) is 1.54. The Morgan fingerprint density at radius 1 is 1.22 bits per heavy atom. The van der Waals surface area contributed by atoms with Crippen LogP contribution in [0, 0.1) is 11.7 Å². The van der Waals surface area contributed by atoms with Crippen molar-refractivity contribution in [2.45, 2.75) is 26.8 Å². The smallest absolute Gasteiger partial charge is 0.325 e. The maximum Gasteiger partial charge on any atom is 0.325 e. The van der Waals surface area contributed by atoms with Crippen molar-refractivity contribution in [3.05, 3.63) is 35.6 Å². The van der Waals surface area contributed by atoms with Crippen molar-refractivity contribution < 1.29 is 23.5 Å². The van der Waals surface area contributed by atoms with Gasteiger partial charge in [0, 0.05) is 11.6 Å². The molecule has 2 amide bonds. The summed E-state index contributed by atoms with van der Waals surface area (Å²) in [6.45, 7) is 4.95. The van der Waals surface area contributed by atoms with Gasteiger partial charge in [-0.1, -0.05) is 19.9 Å². The maximum absolute atomic E-state index is 13.0. The molecule has 0 aromatic heterocycles. The second-order valence-corrected chi connectivity index (χ2v) is 5.45. The molecule has 6 nitrogen and oxygen atoms in total. The van der Waals surface area contributed by atoms with Gasteiger partial charge in [-0.15, -0.1) is 0 Å². The Hall–Kier alpha value is -2.44. The van der Waals surface area contributed by atoms with Crippen LogP contribution in [0.4, 0.5) is 4.39 Å². The molecule has 0 aliphatic heterocycles. The first-order valence-corrected chi connectivity index (χ1v) is 7.28. The van der Waals surface area contributed by atoms with Crippen LogP contribution in [-0.2, 0) is 14.3 Å². The molecule has 0 saturated heterocycles. The molecule has 23 heavy (non-hydrogen) atoms. The van der Waals surface area contributed by atoms with E-state index in [0.29, 0.717) is 0 Å². The van der Waals surface area contributed by atoms with Crippen LogP contribution in [-0.4, -0.2) is 37.0 Å². The second-order valence-electron chi connectivity index (χ2n) is 5.45. The number of hydrogen-bond acceptors (Lipinski definition) is 4. The molecule has 0 aliphatic rings. The highest BCUT2D eigenvalue weighted by molar-refractivity contribution is 5.96. The number of rotatable bonds is 7. The van der Waals surface area contributed by atoms with Gasteiger partial charge in [0.25, 0.3) is 11.8 Å². The van der Waals surface area contributed by atoms with Gasteiger partial charge in [-0.05, 0) is 31.0 Å². The molecule has 0 radical (unpaired) electrons. The van der Waals surface area contributed by atoms with Gasteiger partial charge in [-0.2, -0.15) is 0 Å². The van der Waals surface area contributed by atoms with Crippen molar-refractivity contribution in [2.75, 3.05) is 13.2 Å². The molecule has 0 bridgehead atoms. The predicted octanol–water partition coefficient (Wildman–Crippen LogP) is 1.26. The van der Waals surface area contributed by atoms with E-state index in [1.807, 2.05) is 20.8 Å². The summed E-state index contributed by atoms with van der Waals surface area (Å²) >= 11 is 0. The zero-order valence-electron chi connectivity index (χ0n) is 13.4. The summed E-state index contributed by atoms with van der Waals surface area (Å²) in [7, 11) is 0. The topological polar surface area (TPSA) is 84.5 Å². The van der Waals surface area contributed by atoms with Gasteiger partial charge in [-0.3, -0.25) is 14.4 Å². The summed E-state index contributed by atoms with van der Waals surface area (Å²) in [4.78, 5) is 34.7. The number of carbonyl (C=O) groups excluding carboxylic acids is 3. The van der Waals surface area contributed by atoms with E-state index in [9.17, 15) is 18.8 Å². The summed E-state index contributed by atoms with van der Waals surface area (Å²) in [5.41, 5.74) is 0.0984. The lowest BCUT2D eigenvalue weighted by Gasteiger charge is -2.17. The SMILES string of the molecule is CC(C)[C@@H](C)NC(=O)COC(=O)CNC(=O)c1cccc(F)c1. The van der Waals surface area contributed by atoms with Gasteiger partial charge in [0.15, 0.2) is 6.61 Å². The van der Waals surface area contributed by atoms with Crippen molar-refractivity contribution in [1.82, 2.24) is 10.6 Å². The van der Waals surface area contributed by atoms with E-state index in [1.165, 1.54) is 18.2 Å². The number of amides is 2. The third-order valence-electron chi connectivity index (χ3n) is 3.23. The van der Waals surface area contributed by atoms with Gasteiger partial charge < -0.3 is 15.4 Å². The van der Waals surface area contributed by atoms with Crippen LogP contribution in [0.15, 0.2) is 24.3 Å². The molecule has 1 aromatic rings. The Morgan fingerprint density at radius 3 is 2.52 bits per heavy atom. The van der Waals surface area contributed by atoms with Crippen LogP contribution in [0.1, 0.15) is 31.1 Å². The van der Waals surface area contributed by atoms with E-state index < -0.39 is 36.8 Å². The molecule has 1 aromatic carbocycles. The average molecular weight is 324 g/mol. The largest absolute Gasteiger partial charge is 0.454 e. The number of nitrogens with one attached hydrogen (secondary N) is 2. The third kappa shape index (κ3) is 6.90. The van der Waals surface area contributed by atoms with E-state index in [1.54, 1.807) is 0 Å². The lowest BCUT2D eigenvalue weighted by Crippen LogP contribution is -2.39. The van der Waals surface area contributed by atoms with Crippen LogP contribution >= 0.6 is 0 Å². The molecule has 0 aliphatic carbocycles. The lowest BCUT2D eigenvalue weighted by molar-refractivity contribution is -0.147. The zero-order valence-corrected chi connectivity index (χ0v) is 13.4. The van der Waals surface area contributed by atoms with Crippen LogP contribution in [0.5, 0.6) is 0 Å². The van der Waals surface area contributed by atoms with Crippen molar-refractivity contribution in [3.8, 4) is 0 Å². The van der Waals surface area contributed by atoms with Crippen LogP contribution in [0.3, 0.4) is 0 Å². The summed E-state index contributed by atoms with van der Waals surface area (Å²) in [6, 6.07) is 5.05. The molecular weight excluding hydrogens is 303 g/mol. The highest BCUT2D eigenvalue weighted by Crippen LogP contribution is 2.03. The van der Waals surface area contributed by atoms with Crippen LogP contribution < -0.4 is 10.6 Å². The minimum absolute atomic E-state index is 0.0334. The molecule has 0 unspecified atom stereocenters. The highest BCUT2D eigenvalue weighted by Gasteiger charge is 2.14. The fraction of sp³-hybridized carbons (Fsp3) is 0.438. The number of benzene rings is 1. The van der Waals surface area contributed by atoms with Gasteiger partial charge in [0.05, 0.1) is 0 Å². The Morgan fingerprint density at radius 2 is 1.91 bits per heavy atom.